The third kappa shape index (κ3) is 5.59. The van der Waals surface area contributed by atoms with Crippen molar-refractivity contribution in [3.63, 3.8) is 0 Å². The third-order valence-electron chi connectivity index (χ3n) is 2.94. The molecule has 0 aliphatic heterocycles. The Morgan fingerprint density at radius 2 is 2.05 bits per heavy atom. The summed E-state index contributed by atoms with van der Waals surface area (Å²) in [5, 5.41) is 11.9. The minimum atomic E-state index is -0.335. The van der Waals surface area contributed by atoms with Gasteiger partial charge in [0.15, 0.2) is 0 Å². The Morgan fingerprint density at radius 1 is 1.35 bits per heavy atom. The molecule has 1 rings (SSSR count). The highest BCUT2D eigenvalue weighted by Gasteiger charge is 2.17. The standard InChI is InChI=1S/C15H23NO4/c1-3-16-14(15(18)19-2)9-11-20-13-6-4-12(5-7-13)8-10-17/h4-7,14,16-17H,3,8-11H2,1-2H3. The van der Waals surface area contributed by atoms with Crippen LogP contribution in [0, 0.1) is 0 Å². The number of aliphatic hydroxyl groups excluding tert-OH is 1. The summed E-state index contributed by atoms with van der Waals surface area (Å²) in [6, 6.07) is 7.25. The van der Waals surface area contributed by atoms with E-state index in [1.54, 1.807) is 0 Å². The van der Waals surface area contributed by atoms with Gasteiger partial charge in [-0.25, -0.2) is 0 Å². The smallest absolute Gasteiger partial charge is 0.322 e. The molecule has 1 aromatic carbocycles. The predicted octanol–water partition coefficient (Wildman–Crippen LogP) is 1.14. The molecule has 5 heteroatoms. The second-order valence-electron chi connectivity index (χ2n) is 4.39. The maximum absolute atomic E-state index is 11.5. The Labute approximate surface area is 119 Å². The lowest BCUT2D eigenvalue weighted by molar-refractivity contribution is -0.143. The van der Waals surface area contributed by atoms with Crippen LogP contribution in [0.15, 0.2) is 24.3 Å². The number of carbonyl (C=O) groups excluding carboxylic acids is 1. The summed E-state index contributed by atoms with van der Waals surface area (Å²) in [5.74, 6) is 0.487. The van der Waals surface area contributed by atoms with Gasteiger partial charge in [0, 0.05) is 13.0 Å². The summed E-state index contributed by atoms with van der Waals surface area (Å²) in [7, 11) is 1.38. The van der Waals surface area contributed by atoms with Crippen LogP contribution in [0.25, 0.3) is 0 Å². The Hall–Kier alpha value is -1.59. The van der Waals surface area contributed by atoms with E-state index in [9.17, 15) is 4.79 Å². The first kappa shape index (κ1) is 16.5. The van der Waals surface area contributed by atoms with Crippen LogP contribution < -0.4 is 10.1 Å². The number of benzene rings is 1. The predicted molar refractivity (Wildman–Crippen MR) is 76.8 cm³/mol. The lowest BCUT2D eigenvalue weighted by Gasteiger charge is -2.15. The molecule has 0 spiro atoms. The largest absolute Gasteiger partial charge is 0.494 e. The van der Waals surface area contributed by atoms with Crippen molar-refractivity contribution in [1.82, 2.24) is 5.32 Å². The number of nitrogens with one attached hydrogen (secondary N) is 1. The average molecular weight is 281 g/mol. The molecule has 0 saturated heterocycles. The van der Waals surface area contributed by atoms with Crippen LogP contribution in [0.5, 0.6) is 5.75 Å². The number of methoxy groups -OCH3 is 1. The van der Waals surface area contributed by atoms with Crippen molar-refractivity contribution in [2.45, 2.75) is 25.8 Å². The number of rotatable bonds is 9. The van der Waals surface area contributed by atoms with Crippen LogP contribution in [0.1, 0.15) is 18.9 Å². The molecule has 0 aromatic heterocycles. The van der Waals surface area contributed by atoms with Crippen molar-refractivity contribution in [3.8, 4) is 5.75 Å². The van der Waals surface area contributed by atoms with Gasteiger partial charge in [0.1, 0.15) is 11.8 Å². The number of hydrogen-bond acceptors (Lipinski definition) is 5. The minimum absolute atomic E-state index is 0.143. The molecule has 0 fully saturated rings. The van der Waals surface area contributed by atoms with Crippen LogP contribution in [0.3, 0.4) is 0 Å². The Bertz CT molecular complexity index is 391. The van der Waals surface area contributed by atoms with E-state index < -0.39 is 0 Å². The summed E-state index contributed by atoms with van der Waals surface area (Å²) < 4.78 is 10.3. The van der Waals surface area contributed by atoms with Crippen LogP contribution in [0.2, 0.25) is 0 Å². The van der Waals surface area contributed by atoms with Gasteiger partial charge in [0.25, 0.3) is 0 Å². The van der Waals surface area contributed by atoms with E-state index in [0.717, 1.165) is 11.3 Å². The molecule has 1 aromatic rings. The lowest BCUT2D eigenvalue weighted by atomic mass is 10.1. The fourth-order valence-corrected chi connectivity index (χ4v) is 1.87. The van der Waals surface area contributed by atoms with Crippen molar-refractivity contribution in [3.05, 3.63) is 29.8 Å². The zero-order valence-corrected chi connectivity index (χ0v) is 12.1. The second kappa shape index (κ2) is 9.34. The maximum atomic E-state index is 11.5. The summed E-state index contributed by atoms with van der Waals surface area (Å²) in [4.78, 5) is 11.5. The second-order valence-corrected chi connectivity index (χ2v) is 4.39. The van der Waals surface area contributed by atoms with Gasteiger partial charge in [0.2, 0.25) is 0 Å². The number of esters is 1. The summed E-state index contributed by atoms with van der Waals surface area (Å²) in [6.45, 7) is 3.22. The third-order valence-corrected chi connectivity index (χ3v) is 2.94. The van der Waals surface area contributed by atoms with Gasteiger partial charge in [-0.3, -0.25) is 4.79 Å². The van der Waals surface area contributed by atoms with Gasteiger partial charge < -0.3 is 19.9 Å². The molecular formula is C15H23NO4. The average Bonchev–Trinajstić information content (AvgIpc) is 2.47. The number of aliphatic hydroxyl groups is 1. The number of hydrogen-bond donors (Lipinski definition) is 2. The molecule has 0 saturated carbocycles. The van der Waals surface area contributed by atoms with Gasteiger partial charge in [0.05, 0.1) is 13.7 Å². The SMILES string of the molecule is CCNC(CCOc1ccc(CCO)cc1)C(=O)OC. The number of ether oxygens (including phenoxy) is 2. The highest BCUT2D eigenvalue weighted by molar-refractivity contribution is 5.75. The van der Waals surface area contributed by atoms with Crippen LogP contribution >= 0.6 is 0 Å². The molecule has 20 heavy (non-hydrogen) atoms. The Balaban J connectivity index is 2.39. The molecule has 0 aliphatic rings. The molecule has 1 atom stereocenters. The van der Waals surface area contributed by atoms with Crippen molar-refractivity contribution >= 4 is 5.97 Å². The fraction of sp³-hybridized carbons (Fsp3) is 0.533. The molecule has 5 nitrogen and oxygen atoms in total. The van der Waals surface area contributed by atoms with Crippen molar-refractivity contribution in [1.29, 1.82) is 0 Å². The van der Waals surface area contributed by atoms with Gasteiger partial charge in [-0.15, -0.1) is 0 Å². The van der Waals surface area contributed by atoms with Gasteiger partial charge in [-0.1, -0.05) is 19.1 Å². The monoisotopic (exact) mass is 281 g/mol. The molecule has 2 N–H and O–H groups in total. The van der Waals surface area contributed by atoms with Gasteiger partial charge >= 0.3 is 5.97 Å². The zero-order valence-electron chi connectivity index (χ0n) is 12.1. The highest BCUT2D eigenvalue weighted by Crippen LogP contribution is 2.13. The quantitative estimate of drug-likeness (QED) is 0.664. The van der Waals surface area contributed by atoms with Crippen molar-refractivity contribution in [2.24, 2.45) is 0 Å². The minimum Gasteiger partial charge on any atom is -0.494 e. The summed E-state index contributed by atoms with van der Waals surface area (Å²) in [5.41, 5.74) is 1.07. The number of carbonyl (C=O) groups is 1. The van der Waals surface area contributed by atoms with Crippen LogP contribution in [-0.4, -0.2) is 44.0 Å². The first-order valence-corrected chi connectivity index (χ1v) is 6.85. The van der Waals surface area contributed by atoms with Crippen molar-refractivity contribution in [2.75, 3.05) is 26.9 Å². The van der Waals surface area contributed by atoms with E-state index in [1.165, 1.54) is 7.11 Å². The van der Waals surface area contributed by atoms with Gasteiger partial charge in [-0.05, 0) is 30.7 Å². The van der Waals surface area contributed by atoms with E-state index in [-0.39, 0.29) is 18.6 Å². The maximum Gasteiger partial charge on any atom is 0.322 e. The topological polar surface area (TPSA) is 67.8 Å². The molecule has 0 amide bonds. The van der Waals surface area contributed by atoms with E-state index in [0.29, 0.717) is 26.0 Å². The Morgan fingerprint density at radius 3 is 2.60 bits per heavy atom. The molecule has 0 bridgehead atoms. The molecule has 0 radical (unpaired) electrons. The molecular weight excluding hydrogens is 258 g/mol. The molecule has 0 heterocycles. The van der Waals surface area contributed by atoms with E-state index >= 15 is 0 Å². The summed E-state index contributed by atoms with van der Waals surface area (Å²) >= 11 is 0. The van der Waals surface area contributed by atoms with Gasteiger partial charge in [-0.2, -0.15) is 0 Å². The van der Waals surface area contributed by atoms with E-state index in [4.69, 9.17) is 14.6 Å². The van der Waals surface area contributed by atoms with E-state index in [1.807, 2.05) is 31.2 Å². The highest BCUT2D eigenvalue weighted by atomic mass is 16.5. The zero-order chi connectivity index (χ0) is 14.8. The normalized spacial score (nSPS) is 11.9. The van der Waals surface area contributed by atoms with Crippen LogP contribution in [0.4, 0.5) is 0 Å². The van der Waals surface area contributed by atoms with Crippen LogP contribution in [-0.2, 0) is 16.0 Å². The molecule has 0 aliphatic carbocycles. The Kier molecular flexibility index (Phi) is 7.69. The summed E-state index contributed by atoms with van der Waals surface area (Å²) in [6.07, 6.45) is 1.20. The molecule has 112 valence electrons. The first-order chi connectivity index (χ1) is 9.71. The fourth-order valence-electron chi connectivity index (χ4n) is 1.87. The first-order valence-electron chi connectivity index (χ1n) is 6.85. The number of likely N-dealkylation sites (N-methyl/N-ethyl adjacent to an activating group) is 1. The molecule has 1 unspecified atom stereocenters. The lowest BCUT2D eigenvalue weighted by Crippen LogP contribution is -2.38. The van der Waals surface area contributed by atoms with E-state index in [2.05, 4.69) is 5.32 Å². The van der Waals surface area contributed by atoms with Crippen molar-refractivity contribution < 1.29 is 19.4 Å².